The summed E-state index contributed by atoms with van der Waals surface area (Å²) in [5.74, 6) is 1.24. The zero-order chi connectivity index (χ0) is 25.0. The van der Waals surface area contributed by atoms with Crippen LogP contribution in [0, 0.1) is 12.3 Å². The van der Waals surface area contributed by atoms with Crippen molar-refractivity contribution in [1.82, 2.24) is 4.98 Å². The first kappa shape index (κ1) is 25.4. The molecule has 1 heterocycles. The Morgan fingerprint density at radius 1 is 0.943 bits per heavy atom. The van der Waals surface area contributed by atoms with Crippen LogP contribution in [0.15, 0.2) is 89.3 Å². The minimum Gasteiger partial charge on any atom is -0.487 e. The van der Waals surface area contributed by atoms with E-state index in [1.54, 1.807) is 0 Å². The van der Waals surface area contributed by atoms with Crippen molar-refractivity contribution in [1.29, 1.82) is 5.41 Å². The zero-order valence-electron chi connectivity index (χ0n) is 19.5. The number of hydrogen-bond donors (Lipinski definition) is 3. The van der Waals surface area contributed by atoms with E-state index in [1.807, 2.05) is 91.9 Å². The molecule has 0 bridgehead atoms. The van der Waals surface area contributed by atoms with Crippen LogP contribution in [0.3, 0.4) is 0 Å². The summed E-state index contributed by atoms with van der Waals surface area (Å²) < 4.78 is 11.4. The van der Waals surface area contributed by atoms with Gasteiger partial charge >= 0.3 is 5.97 Å². The predicted molar refractivity (Wildman–Crippen MR) is 134 cm³/mol. The smallest absolute Gasteiger partial charge is 0.303 e. The van der Waals surface area contributed by atoms with Crippen LogP contribution in [0.2, 0.25) is 0 Å². The Balaban J connectivity index is 0.000000225. The highest BCUT2D eigenvalue weighted by Gasteiger charge is 2.11. The highest BCUT2D eigenvalue weighted by Crippen LogP contribution is 2.22. The number of oxazole rings is 1. The number of aliphatic hydroxyl groups excluding tert-OH is 1. The number of aliphatic hydroxyl groups is 1. The Morgan fingerprint density at radius 3 is 2.17 bits per heavy atom. The molecule has 3 N–H and O–H groups in total. The molecular weight excluding hydrogens is 444 g/mol. The van der Waals surface area contributed by atoms with E-state index in [9.17, 15) is 4.79 Å². The van der Waals surface area contributed by atoms with Crippen LogP contribution in [0.1, 0.15) is 35.4 Å². The number of aliphatic carboxylic acids is 1. The van der Waals surface area contributed by atoms with E-state index >= 15 is 0 Å². The van der Waals surface area contributed by atoms with Gasteiger partial charge in [0.15, 0.2) is 0 Å². The number of aryl methyl sites for hydroxylation is 1. The first-order valence-electron chi connectivity index (χ1n) is 11.1. The minimum absolute atomic E-state index is 0.0216. The summed E-state index contributed by atoms with van der Waals surface area (Å²) >= 11 is 0. The van der Waals surface area contributed by atoms with Crippen LogP contribution in [0.5, 0.6) is 5.75 Å². The van der Waals surface area contributed by atoms with Gasteiger partial charge in [0, 0.05) is 11.3 Å². The number of rotatable bonds is 9. The van der Waals surface area contributed by atoms with Gasteiger partial charge in [-0.3, -0.25) is 4.79 Å². The van der Waals surface area contributed by atoms with Crippen LogP contribution in [-0.2, 0) is 18.0 Å². The van der Waals surface area contributed by atoms with E-state index in [4.69, 9.17) is 24.8 Å². The van der Waals surface area contributed by atoms with Gasteiger partial charge in [-0.05, 0) is 48.7 Å². The maximum Gasteiger partial charge on any atom is 0.303 e. The lowest BCUT2D eigenvalue weighted by Gasteiger charge is -2.05. The van der Waals surface area contributed by atoms with E-state index in [2.05, 4.69) is 4.98 Å². The molecule has 4 aromatic rings. The number of hydrogen-bond acceptors (Lipinski definition) is 6. The number of nitrogens with zero attached hydrogens (tertiary/aromatic N) is 1. The maximum atomic E-state index is 10.2. The van der Waals surface area contributed by atoms with Crippen molar-refractivity contribution in [3.8, 4) is 17.2 Å². The van der Waals surface area contributed by atoms with Gasteiger partial charge in [-0.15, -0.1) is 0 Å². The summed E-state index contributed by atoms with van der Waals surface area (Å²) in [5.41, 5.74) is 3.76. The van der Waals surface area contributed by atoms with Crippen molar-refractivity contribution < 1.29 is 24.2 Å². The van der Waals surface area contributed by atoms with Crippen LogP contribution in [-0.4, -0.2) is 26.9 Å². The fourth-order valence-electron chi connectivity index (χ4n) is 3.12. The summed E-state index contributed by atoms with van der Waals surface area (Å²) in [6, 6.07) is 26.3. The van der Waals surface area contributed by atoms with Gasteiger partial charge in [0.1, 0.15) is 23.8 Å². The molecule has 0 saturated carbocycles. The molecule has 0 aliphatic carbocycles. The number of carboxylic acids is 1. The van der Waals surface area contributed by atoms with E-state index in [0.717, 1.165) is 33.9 Å². The van der Waals surface area contributed by atoms with Crippen molar-refractivity contribution in [3.63, 3.8) is 0 Å². The average molecular weight is 473 g/mol. The van der Waals surface area contributed by atoms with E-state index < -0.39 is 5.97 Å². The normalized spacial score (nSPS) is 10.2. The molecule has 0 spiro atoms. The minimum atomic E-state index is -0.860. The number of ether oxygens (including phenoxy) is 1. The molecule has 4 rings (SSSR count). The van der Waals surface area contributed by atoms with Crippen LogP contribution < -0.4 is 4.74 Å². The average Bonchev–Trinajstić information content (AvgIpc) is 3.28. The van der Waals surface area contributed by atoms with Crippen molar-refractivity contribution >= 4 is 11.7 Å². The summed E-state index contributed by atoms with van der Waals surface area (Å²) in [6.07, 6.45) is 0.313. The summed E-state index contributed by atoms with van der Waals surface area (Å²) in [4.78, 5) is 14.7. The first-order valence-corrected chi connectivity index (χ1v) is 11.1. The molecule has 3 aromatic carbocycles. The summed E-state index contributed by atoms with van der Waals surface area (Å²) in [5, 5.41) is 25.0. The molecule has 35 heavy (non-hydrogen) atoms. The van der Waals surface area contributed by atoms with Gasteiger partial charge in [0.2, 0.25) is 5.89 Å². The van der Waals surface area contributed by atoms with E-state index in [-0.39, 0.29) is 13.0 Å². The van der Waals surface area contributed by atoms with Crippen molar-refractivity contribution in [2.75, 3.05) is 0 Å². The van der Waals surface area contributed by atoms with Crippen LogP contribution >= 0.6 is 0 Å². The fourth-order valence-corrected chi connectivity index (χ4v) is 3.12. The van der Waals surface area contributed by atoms with Gasteiger partial charge in [0.25, 0.3) is 0 Å². The standard InChI is InChI=1S/C18H17NO3.C10H11NO2/c1-13-17(12-21-16-9-7-14(11-20)8-10-16)19-18(22-13)15-5-3-2-4-6-15;11-9(6-7-10(12)13)8-4-2-1-3-5-8/h2-10,20H,11-12H2,1H3;1-5,11H,6-7H2,(H,12,13). The van der Waals surface area contributed by atoms with E-state index in [1.165, 1.54) is 0 Å². The Labute approximate surface area is 204 Å². The second kappa shape index (κ2) is 12.9. The van der Waals surface area contributed by atoms with Gasteiger partial charge in [-0.2, -0.15) is 0 Å². The Bertz CT molecular complexity index is 1220. The Morgan fingerprint density at radius 2 is 1.57 bits per heavy atom. The second-order valence-corrected chi connectivity index (χ2v) is 7.72. The molecule has 0 atom stereocenters. The fraction of sp³-hybridized carbons (Fsp3) is 0.179. The Kier molecular flexibility index (Phi) is 9.33. The topological polar surface area (TPSA) is 117 Å². The highest BCUT2D eigenvalue weighted by atomic mass is 16.5. The quantitative estimate of drug-likeness (QED) is 0.271. The molecule has 180 valence electrons. The van der Waals surface area contributed by atoms with Crippen molar-refractivity contribution in [2.24, 2.45) is 0 Å². The molecule has 0 amide bonds. The SMILES string of the molecule is Cc1oc(-c2ccccc2)nc1COc1ccc(CO)cc1.N=C(CCC(=O)O)c1ccccc1. The largest absolute Gasteiger partial charge is 0.487 e. The van der Waals surface area contributed by atoms with Crippen LogP contribution in [0.25, 0.3) is 11.5 Å². The molecule has 0 aliphatic heterocycles. The van der Waals surface area contributed by atoms with Gasteiger partial charge in [0.05, 0.1) is 13.0 Å². The number of nitrogens with one attached hydrogen (secondary N) is 1. The number of aromatic nitrogens is 1. The third-order valence-corrected chi connectivity index (χ3v) is 5.11. The zero-order valence-corrected chi connectivity index (χ0v) is 19.5. The number of carboxylic acid groups (broad SMARTS) is 1. The monoisotopic (exact) mass is 472 g/mol. The maximum absolute atomic E-state index is 10.2. The van der Waals surface area contributed by atoms with Gasteiger partial charge in [-0.25, -0.2) is 4.98 Å². The summed E-state index contributed by atoms with van der Waals surface area (Å²) in [6.45, 7) is 2.26. The lowest BCUT2D eigenvalue weighted by molar-refractivity contribution is -0.136. The van der Waals surface area contributed by atoms with E-state index in [0.29, 0.717) is 24.6 Å². The molecule has 0 fully saturated rings. The molecule has 1 aromatic heterocycles. The lowest BCUT2D eigenvalue weighted by Crippen LogP contribution is -2.03. The Hall–Kier alpha value is -4.23. The molecule has 0 unspecified atom stereocenters. The molecule has 7 heteroatoms. The molecule has 7 nitrogen and oxygen atoms in total. The molecule has 0 radical (unpaired) electrons. The third-order valence-electron chi connectivity index (χ3n) is 5.11. The van der Waals surface area contributed by atoms with Crippen molar-refractivity contribution in [3.05, 3.63) is 108 Å². The summed E-state index contributed by atoms with van der Waals surface area (Å²) in [7, 11) is 0. The number of benzene rings is 3. The predicted octanol–water partition coefficient (Wildman–Crippen LogP) is 5.64. The van der Waals surface area contributed by atoms with Crippen LogP contribution in [0.4, 0.5) is 0 Å². The molecule has 0 saturated heterocycles. The first-order chi connectivity index (χ1) is 17.0. The highest BCUT2D eigenvalue weighted by molar-refractivity contribution is 5.99. The van der Waals surface area contributed by atoms with Gasteiger partial charge < -0.3 is 24.8 Å². The lowest BCUT2D eigenvalue weighted by atomic mass is 10.1. The third kappa shape index (κ3) is 7.94. The molecule has 0 aliphatic rings. The van der Waals surface area contributed by atoms with Crippen molar-refractivity contribution in [2.45, 2.75) is 33.0 Å². The molecular formula is C28H28N2O5. The second-order valence-electron chi connectivity index (χ2n) is 7.72. The van der Waals surface area contributed by atoms with Gasteiger partial charge in [-0.1, -0.05) is 60.7 Å². The number of carbonyl (C=O) groups is 1.